The molecule has 0 bridgehead atoms. The first-order valence-corrected chi connectivity index (χ1v) is 4.94. The van der Waals surface area contributed by atoms with Gasteiger partial charge in [0, 0.05) is 41.3 Å². The van der Waals surface area contributed by atoms with E-state index in [2.05, 4.69) is 15.1 Å². The summed E-state index contributed by atoms with van der Waals surface area (Å²) >= 11 is 1.44. The van der Waals surface area contributed by atoms with Crippen molar-refractivity contribution in [3.05, 3.63) is 22.1 Å². The first-order valence-electron chi connectivity index (χ1n) is 3.71. The normalized spacial score (nSPS) is 10.1. The quantitative estimate of drug-likeness (QED) is 0.544. The molecule has 5 nitrogen and oxygen atoms in total. The third kappa shape index (κ3) is 2.03. The minimum absolute atomic E-state index is 0. The van der Waals surface area contributed by atoms with Crippen LogP contribution in [0.15, 0.2) is 16.0 Å². The van der Waals surface area contributed by atoms with Gasteiger partial charge in [0.25, 0.3) is 5.56 Å². The van der Waals surface area contributed by atoms with Crippen molar-refractivity contribution >= 4 is 47.1 Å². The molecule has 0 aliphatic carbocycles. The molecule has 0 amide bonds. The first kappa shape index (κ1) is 11.8. The number of nitrogens with zero attached hydrogens (tertiary/aromatic N) is 3. The van der Waals surface area contributed by atoms with Crippen LogP contribution in [0, 0.1) is 6.92 Å². The predicted molar refractivity (Wildman–Crippen MR) is 55.9 cm³/mol. The van der Waals surface area contributed by atoms with E-state index < -0.39 is 0 Å². The SMILES string of the molecule is CSc1nc2[nH]c(=O)cc(C)n2n1.[Na]. The molecule has 1 N–H and O–H groups in total. The van der Waals surface area contributed by atoms with Crippen LogP contribution in [-0.4, -0.2) is 55.4 Å². The number of aromatic nitrogens is 4. The van der Waals surface area contributed by atoms with Crippen molar-refractivity contribution in [3.63, 3.8) is 0 Å². The molecule has 7 heteroatoms. The van der Waals surface area contributed by atoms with Crippen molar-refractivity contribution in [1.29, 1.82) is 0 Å². The zero-order valence-corrected chi connectivity index (χ0v) is 11.1. The van der Waals surface area contributed by atoms with Gasteiger partial charge in [-0.15, -0.1) is 5.10 Å². The molecule has 2 aromatic rings. The van der Waals surface area contributed by atoms with Crippen LogP contribution in [0.5, 0.6) is 0 Å². The fraction of sp³-hybridized carbons (Fsp3) is 0.286. The predicted octanol–water partition coefficient (Wildman–Crippen LogP) is 0.0671. The summed E-state index contributed by atoms with van der Waals surface area (Å²) in [6, 6.07) is 1.49. The van der Waals surface area contributed by atoms with Crippen LogP contribution in [0.3, 0.4) is 0 Å². The molecular weight excluding hydrogens is 211 g/mol. The van der Waals surface area contributed by atoms with Gasteiger partial charge in [-0.05, 0) is 13.2 Å². The molecule has 0 spiro atoms. The topological polar surface area (TPSA) is 63.0 Å². The van der Waals surface area contributed by atoms with Crippen LogP contribution in [0.25, 0.3) is 5.78 Å². The summed E-state index contributed by atoms with van der Waals surface area (Å²) in [6.45, 7) is 1.82. The van der Waals surface area contributed by atoms with E-state index in [-0.39, 0.29) is 35.1 Å². The second-order valence-electron chi connectivity index (χ2n) is 2.61. The summed E-state index contributed by atoms with van der Waals surface area (Å²) in [7, 11) is 0. The summed E-state index contributed by atoms with van der Waals surface area (Å²) in [4.78, 5) is 17.8. The van der Waals surface area contributed by atoms with Crippen LogP contribution in [0.4, 0.5) is 0 Å². The average Bonchev–Trinajstić information content (AvgIpc) is 2.47. The average molecular weight is 219 g/mol. The fourth-order valence-corrected chi connectivity index (χ4v) is 1.44. The van der Waals surface area contributed by atoms with Gasteiger partial charge in [-0.3, -0.25) is 9.78 Å². The van der Waals surface area contributed by atoms with Gasteiger partial charge in [0.15, 0.2) is 0 Å². The maximum Gasteiger partial charge on any atom is 0.252 e. The maximum atomic E-state index is 11.1. The molecular formula is C7H8N4NaOS. The second kappa shape index (κ2) is 4.48. The number of rotatable bonds is 1. The summed E-state index contributed by atoms with van der Waals surface area (Å²) in [6.07, 6.45) is 1.89. The summed E-state index contributed by atoms with van der Waals surface area (Å²) < 4.78 is 1.62. The van der Waals surface area contributed by atoms with Gasteiger partial charge in [-0.2, -0.15) is 4.98 Å². The molecule has 69 valence electrons. The van der Waals surface area contributed by atoms with Gasteiger partial charge in [0.1, 0.15) is 0 Å². The van der Waals surface area contributed by atoms with E-state index in [1.54, 1.807) is 4.52 Å². The van der Waals surface area contributed by atoms with Crippen molar-refractivity contribution in [3.8, 4) is 0 Å². The second-order valence-corrected chi connectivity index (χ2v) is 3.38. The third-order valence-electron chi connectivity index (χ3n) is 1.68. The number of thioether (sulfide) groups is 1. The Morgan fingerprint density at radius 1 is 1.57 bits per heavy atom. The molecule has 0 atom stereocenters. The Labute approximate surface area is 107 Å². The van der Waals surface area contributed by atoms with E-state index in [9.17, 15) is 4.79 Å². The molecule has 0 saturated carbocycles. The minimum atomic E-state index is -0.148. The Balaban J connectivity index is 0.000000980. The maximum absolute atomic E-state index is 11.1. The smallest absolute Gasteiger partial charge is 0.252 e. The molecule has 0 aliphatic rings. The third-order valence-corrected chi connectivity index (χ3v) is 2.22. The van der Waals surface area contributed by atoms with Gasteiger partial charge >= 0.3 is 0 Å². The van der Waals surface area contributed by atoms with E-state index in [4.69, 9.17) is 0 Å². The molecule has 0 unspecified atom stereocenters. The van der Waals surface area contributed by atoms with Gasteiger partial charge in [0.2, 0.25) is 10.9 Å². The number of fused-ring (bicyclic) bond motifs is 1. The summed E-state index contributed by atoms with van der Waals surface area (Å²) in [5, 5.41) is 4.83. The Bertz CT molecular complexity index is 506. The molecule has 2 rings (SSSR count). The van der Waals surface area contributed by atoms with Crippen LogP contribution in [0.2, 0.25) is 0 Å². The van der Waals surface area contributed by atoms with Crippen molar-refractivity contribution in [2.45, 2.75) is 12.1 Å². The number of H-pyrrole nitrogens is 1. The van der Waals surface area contributed by atoms with E-state index in [1.807, 2.05) is 13.2 Å². The number of hydrogen-bond donors (Lipinski definition) is 1. The molecule has 0 aromatic carbocycles. The molecule has 0 fully saturated rings. The van der Waals surface area contributed by atoms with Crippen molar-refractivity contribution < 1.29 is 0 Å². The van der Waals surface area contributed by atoms with E-state index >= 15 is 0 Å². The standard InChI is InChI=1S/C7H8N4OS.Na/c1-4-3-5(12)8-6-9-7(13-2)10-11(4)6;/h3H,1-2H3,(H,8,9,10,12);. The Morgan fingerprint density at radius 3 is 2.93 bits per heavy atom. The summed E-state index contributed by atoms with van der Waals surface area (Å²) in [5.41, 5.74) is 0.636. The summed E-state index contributed by atoms with van der Waals surface area (Å²) in [5.74, 6) is 0.495. The van der Waals surface area contributed by atoms with Crippen molar-refractivity contribution in [2.75, 3.05) is 6.26 Å². The molecule has 14 heavy (non-hydrogen) atoms. The van der Waals surface area contributed by atoms with E-state index in [0.29, 0.717) is 10.9 Å². The zero-order valence-electron chi connectivity index (χ0n) is 8.24. The number of nitrogens with one attached hydrogen (secondary N) is 1. The van der Waals surface area contributed by atoms with Gasteiger partial charge in [-0.25, -0.2) is 4.52 Å². The van der Waals surface area contributed by atoms with Crippen LogP contribution < -0.4 is 5.56 Å². The number of aryl methyl sites for hydroxylation is 1. The van der Waals surface area contributed by atoms with Crippen LogP contribution in [-0.2, 0) is 0 Å². The largest absolute Gasteiger partial charge is 0.291 e. The van der Waals surface area contributed by atoms with Crippen LogP contribution in [0.1, 0.15) is 5.69 Å². The van der Waals surface area contributed by atoms with Crippen molar-refractivity contribution in [2.24, 2.45) is 0 Å². The first-order chi connectivity index (χ1) is 6.20. The Morgan fingerprint density at radius 2 is 2.29 bits per heavy atom. The van der Waals surface area contributed by atoms with Gasteiger partial charge in [0.05, 0.1) is 0 Å². The van der Waals surface area contributed by atoms with Gasteiger partial charge in [-0.1, -0.05) is 11.8 Å². The Kier molecular flexibility index (Phi) is 3.77. The monoisotopic (exact) mass is 219 g/mol. The van der Waals surface area contributed by atoms with E-state index in [1.165, 1.54) is 17.8 Å². The fourth-order valence-electron chi connectivity index (χ4n) is 1.10. The van der Waals surface area contributed by atoms with E-state index in [0.717, 1.165) is 5.69 Å². The number of hydrogen-bond acceptors (Lipinski definition) is 4. The number of aromatic amines is 1. The molecule has 2 aromatic heterocycles. The minimum Gasteiger partial charge on any atom is -0.291 e. The molecule has 0 saturated heterocycles. The molecule has 2 heterocycles. The van der Waals surface area contributed by atoms with Crippen LogP contribution >= 0.6 is 11.8 Å². The molecule has 1 radical (unpaired) electrons. The van der Waals surface area contributed by atoms with Gasteiger partial charge < -0.3 is 0 Å². The zero-order chi connectivity index (χ0) is 9.42. The van der Waals surface area contributed by atoms with Crippen molar-refractivity contribution in [1.82, 2.24) is 19.6 Å². The molecule has 0 aliphatic heterocycles. The Hall–Kier alpha value is -0.300.